The molecule has 0 N–H and O–H groups in total. The smallest absolute Gasteiger partial charge is 0.233 e. The molecule has 3 aromatic rings. The number of aryl methyl sites for hydroxylation is 2. The van der Waals surface area contributed by atoms with E-state index in [4.69, 9.17) is 16.6 Å². The van der Waals surface area contributed by atoms with Crippen molar-refractivity contribution in [3.8, 4) is 0 Å². The van der Waals surface area contributed by atoms with Gasteiger partial charge in [0.2, 0.25) is 5.91 Å². The van der Waals surface area contributed by atoms with E-state index in [-0.39, 0.29) is 5.91 Å². The van der Waals surface area contributed by atoms with E-state index in [1.165, 1.54) is 15.8 Å². The molecule has 1 amide bonds. The molecule has 146 valence electrons. The summed E-state index contributed by atoms with van der Waals surface area (Å²) in [5.74, 6) is 0.650. The number of hydrogen-bond acceptors (Lipinski definition) is 5. The van der Waals surface area contributed by atoms with Crippen molar-refractivity contribution in [1.29, 1.82) is 0 Å². The minimum absolute atomic E-state index is 0.190. The van der Waals surface area contributed by atoms with Gasteiger partial charge in [-0.05, 0) is 49.2 Å². The molecule has 0 unspecified atom stereocenters. The van der Waals surface area contributed by atoms with Crippen molar-refractivity contribution in [3.05, 3.63) is 52.5 Å². The summed E-state index contributed by atoms with van der Waals surface area (Å²) >= 11 is 9.23. The topological polar surface area (TPSA) is 36.4 Å². The van der Waals surface area contributed by atoms with E-state index in [2.05, 4.69) is 30.9 Å². The van der Waals surface area contributed by atoms with E-state index in [1.54, 1.807) is 23.1 Å². The van der Waals surface area contributed by atoms with Crippen molar-refractivity contribution >= 4 is 56.0 Å². The first kappa shape index (κ1) is 19.6. The second-order valence-electron chi connectivity index (χ2n) is 6.98. The summed E-state index contributed by atoms with van der Waals surface area (Å²) in [5.41, 5.74) is 3.60. The summed E-state index contributed by atoms with van der Waals surface area (Å²) in [6.45, 7) is 7.39. The summed E-state index contributed by atoms with van der Waals surface area (Å²) in [5, 5.41) is 1.78. The predicted octanol–water partition coefficient (Wildman–Crippen LogP) is 5.01. The zero-order valence-corrected chi connectivity index (χ0v) is 18.3. The maximum Gasteiger partial charge on any atom is 0.233 e. The van der Waals surface area contributed by atoms with Crippen LogP contribution in [0.4, 0.5) is 5.13 Å². The van der Waals surface area contributed by atoms with Crippen LogP contribution in [0, 0.1) is 13.8 Å². The van der Waals surface area contributed by atoms with E-state index in [9.17, 15) is 4.79 Å². The van der Waals surface area contributed by atoms with E-state index in [0.29, 0.717) is 10.8 Å². The Morgan fingerprint density at radius 2 is 1.75 bits per heavy atom. The fourth-order valence-electron chi connectivity index (χ4n) is 3.30. The largest absolute Gasteiger partial charge is 0.345 e. The molecule has 1 aliphatic rings. The Kier molecular flexibility index (Phi) is 5.80. The molecule has 28 heavy (non-hydrogen) atoms. The Labute approximate surface area is 178 Å². The fourth-order valence-corrected chi connectivity index (χ4v) is 5.39. The molecule has 4 rings (SSSR count). The third-order valence-electron chi connectivity index (χ3n) is 5.01. The molecule has 1 saturated heterocycles. The van der Waals surface area contributed by atoms with Crippen molar-refractivity contribution < 1.29 is 4.79 Å². The molecule has 1 aromatic heterocycles. The first-order chi connectivity index (χ1) is 13.5. The maximum atomic E-state index is 12.6. The van der Waals surface area contributed by atoms with Gasteiger partial charge < -0.3 is 9.80 Å². The Morgan fingerprint density at radius 3 is 2.43 bits per heavy atom. The molecule has 1 fully saturated rings. The van der Waals surface area contributed by atoms with Crippen molar-refractivity contribution in [3.63, 3.8) is 0 Å². The Hall–Kier alpha value is -1.76. The number of aromatic nitrogens is 1. The molecule has 0 spiro atoms. The highest BCUT2D eigenvalue weighted by atomic mass is 35.5. The van der Waals surface area contributed by atoms with Crippen LogP contribution in [0.5, 0.6) is 0 Å². The predicted molar refractivity (Wildman–Crippen MR) is 120 cm³/mol. The minimum Gasteiger partial charge on any atom is -0.345 e. The van der Waals surface area contributed by atoms with Crippen LogP contribution in [-0.4, -0.2) is 47.7 Å². The van der Waals surface area contributed by atoms with Gasteiger partial charge in [0.15, 0.2) is 5.13 Å². The number of benzene rings is 2. The summed E-state index contributed by atoms with van der Waals surface area (Å²) in [6.07, 6.45) is 0. The summed E-state index contributed by atoms with van der Waals surface area (Å²) in [4.78, 5) is 22.8. The second-order valence-corrected chi connectivity index (χ2v) is 9.45. The first-order valence-electron chi connectivity index (χ1n) is 9.29. The number of amides is 1. The number of thioether (sulfide) groups is 1. The van der Waals surface area contributed by atoms with E-state index < -0.39 is 0 Å². The number of piperazine rings is 1. The molecule has 0 radical (unpaired) electrons. The normalized spacial score (nSPS) is 14.7. The Balaban J connectivity index is 1.35. The highest BCUT2D eigenvalue weighted by Crippen LogP contribution is 2.33. The van der Waals surface area contributed by atoms with Crippen molar-refractivity contribution in [2.75, 3.05) is 36.8 Å². The zero-order valence-electron chi connectivity index (χ0n) is 15.9. The lowest BCUT2D eigenvalue weighted by atomic mass is 10.1. The first-order valence-corrected chi connectivity index (χ1v) is 11.5. The van der Waals surface area contributed by atoms with Crippen LogP contribution in [0.2, 0.25) is 5.02 Å². The van der Waals surface area contributed by atoms with Crippen LogP contribution < -0.4 is 4.90 Å². The van der Waals surface area contributed by atoms with Gasteiger partial charge in [-0.15, -0.1) is 11.8 Å². The van der Waals surface area contributed by atoms with E-state index >= 15 is 0 Å². The van der Waals surface area contributed by atoms with Crippen LogP contribution in [0.25, 0.3) is 10.2 Å². The van der Waals surface area contributed by atoms with Crippen molar-refractivity contribution in [2.24, 2.45) is 0 Å². The number of nitrogens with zero attached hydrogens (tertiary/aromatic N) is 3. The Bertz CT molecular complexity index is 956. The van der Waals surface area contributed by atoms with Crippen molar-refractivity contribution in [2.45, 2.75) is 18.7 Å². The molecule has 0 bridgehead atoms. The number of rotatable bonds is 4. The number of thiazole rings is 1. The third kappa shape index (κ3) is 4.14. The molecule has 1 aliphatic heterocycles. The fraction of sp³-hybridized carbons (Fsp3) is 0.333. The van der Waals surface area contributed by atoms with Gasteiger partial charge in [0.25, 0.3) is 0 Å². The summed E-state index contributed by atoms with van der Waals surface area (Å²) in [6, 6.07) is 11.9. The van der Waals surface area contributed by atoms with E-state index in [1.807, 2.05) is 29.2 Å². The highest BCUT2D eigenvalue weighted by Gasteiger charge is 2.23. The monoisotopic (exact) mass is 431 g/mol. The lowest BCUT2D eigenvalue weighted by molar-refractivity contribution is -0.128. The molecule has 0 aliphatic carbocycles. The van der Waals surface area contributed by atoms with Crippen LogP contribution in [0.1, 0.15) is 11.1 Å². The van der Waals surface area contributed by atoms with Gasteiger partial charge in [-0.1, -0.05) is 35.1 Å². The van der Waals surface area contributed by atoms with Gasteiger partial charge in [-0.2, -0.15) is 0 Å². The van der Waals surface area contributed by atoms with Gasteiger partial charge in [0.1, 0.15) is 0 Å². The average Bonchev–Trinajstić information content (AvgIpc) is 3.17. The lowest BCUT2D eigenvalue weighted by Gasteiger charge is -2.34. The van der Waals surface area contributed by atoms with E-state index in [0.717, 1.165) is 41.7 Å². The number of fused-ring (bicyclic) bond motifs is 1. The third-order valence-corrected chi connectivity index (χ3v) is 7.51. The van der Waals surface area contributed by atoms with Crippen LogP contribution in [0.3, 0.4) is 0 Å². The molecular formula is C21H22ClN3OS2. The number of anilines is 1. The number of carbonyl (C=O) groups is 1. The molecule has 0 atom stereocenters. The minimum atomic E-state index is 0.190. The molecule has 4 nitrogen and oxygen atoms in total. The van der Waals surface area contributed by atoms with Crippen molar-refractivity contribution in [1.82, 2.24) is 9.88 Å². The van der Waals surface area contributed by atoms with Crippen LogP contribution in [0.15, 0.2) is 41.3 Å². The molecule has 2 heterocycles. The SMILES string of the molecule is Cc1ccc(C)c2sc(N3CCN(C(=O)CSc4ccc(Cl)cc4)CC3)nc12. The molecule has 2 aromatic carbocycles. The van der Waals surface area contributed by atoms with Gasteiger partial charge >= 0.3 is 0 Å². The zero-order chi connectivity index (χ0) is 19.7. The standard InChI is InChI=1S/C21H22ClN3OS2/c1-14-3-4-15(2)20-19(14)23-21(28-20)25-11-9-24(10-12-25)18(26)13-27-17-7-5-16(22)6-8-17/h3-8H,9-13H2,1-2H3. The average molecular weight is 432 g/mol. The summed E-state index contributed by atoms with van der Waals surface area (Å²) < 4.78 is 1.27. The highest BCUT2D eigenvalue weighted by molar-refractivity contribution is 8.00. The van der Waals surface area contributed by atoms with Gasteiger partial charge in [0, 0.05) is 36.1 Å². The van der Waals surface area contributed by atoms with Crippen LogP contribution in [-0.2, 0) is 4.79 Å². The quantitative estimate of drug-likeness (QED) is 0.544. The number of carbonyl (C=O) groups excluding carboxylic acids is 1. The van der Waals surface area contributed by atoms with Gasteiger partial charge in [-0.3, -0.25) is 4.79 Å². The molecule has 7 heteroatoms. The van der Waals surface area contributed by atoms with Crippen LogP contribution >= 0.6 is 34.7 Å². The Morgan fingerprint density at radius 1 is 1.07 bits per heavy atom. The van der Waals surface area contributed by atoms with Gasteiger partial charge in [0.05, 0.1) is 16.0 Å². The second kappa shape index (κ2) is 8.31. The number of hydrogen-bond donors (Lipinski definition) is 0. The maximum absolute atomic E-state index is 12.6. The molecular weight excluding hydrogens is 410 g/mol. The summed E-state index contributed by atoms with van der Waals surface area (Å²) in [7, 11) is 0. The number of halogens is 1. The van der Waals surface area contributed by atoms with Gasteiger partial charge in [-0.25, -0.2) is 4.98 Å². The lowest BCUT2D eigenvalue weighted by Crippen LogP contribution is -2.49. The molecule has 0 saturated carbocycles.